The van der Waals surface area contributed by atoms with Gasteiger partial charge in [0.1, 0.15) is 11.5 Å². The Hall–Kier alpha value is -4.51. The van der Waals surface area contributed by atoms with Gasteiger partial charge in [-0.15, -0.1) is 13.2 Å². The van der Waals surface area contributed by atoms with Crippen LogP contribution in [0.15, 0.2) is 72.8 Å². The van der Waals surface area contributed by atoms with Crippen LogP contribution in [-0.2, 0) is 6.54 Å². The molecule has 1 saturated carbocycles. The fourth-order valence-electron chi connectivity index (χ4n) is 4.40. The molecule has 3 aromatic carbocycles. The lowest BCUT2D eigenvalue weighted by atomic mass is 9.82. The van der Waals surface area contributed by atoms with Gasteiger partial charge in [-0.2, -0.15) is 9.78 Å². The van der Waals surface area contributed by atoms with Crippen molar-refractivity contribution in [3.8, 4) is 22.8 Å². The number of hydrogen-bond acceptors (Lipinski definition) is 5. The Morgan fingerprint density at radius 1 is 1.05 bits per heavy atom. The molecular formula is C29H24ClF3N4O4. The monoisotopic (exact) mass is 584 g/mol. The second kappa shape index (κ2) is 11.5. The number of aromatic hydroxyl groups is 1. The van der Waals surface area contributed by atoms with Crippen molar-refractivity contribution < 1.29 is 32.6 Å². The molecule has 2 amide bonds. The molecule has 1 fully saturated rings. The van der Waals surface area contributed by atoms with Crippen molar-refractivity contribution in [3.05, 3.63) is 94.6 Å². The van der Waals surface area contributed by atoms with E-state index in [1.54, 1.807) is 18.2 Å². The molecule has 1 aliphatic carbocycles. The minimum absolute atomic E-state index is 0.0980. The van der Waals surface area contributed by atoms with Crippen LogP contribution in [0.2, 0.25) is 5.02 Å². The number of benzene rings is 3. The van der Waals surface area contributed by atoms with Crippen LogP contribution in [0.4, 0.5) is 23.7 Å². The van der Waals surface area contributed by atoms with Gasteiger partial charge in [0.25, 0.3) is 5.91 Å². The zero-order chi connectivity index (χ0) is 29.1. The van der Waals surface area contributed by atoms with Crippen LogP contribution in [0.5, 0.6) is 11.5 Å². The number of ether oxygens (including phenoxy) is 1. The number of phenolic OH excluding ortho intramolecular Hbond substituents is 1. The molecule has 212 valence electrons. The lowest BCUT2D eigenvalue weighted by molar-refractivity contribution is -0.274. The molecule has 0 aliphatic heterocycles. The maximum atomic E-state index is 13.1. The maximum absolute atomic E-state index is 13.1. The number of aromatic nitrogens is 2. The molecule has 1 aliphatic rings. The zero-order valence-electron chi connectivity index (χ0n) is 21.4. The summed E-state index contributed by atoms with van der Waals surface area (Å²) in [6.45, 7) is 0.202. The SMILES string of the molecule is O=C(Nc1ccc(O)c(-c2cc(C3CCC3)n(C(=O)NCc3ccccc3Cl)n2)c1)c1ccc(OC(F)(F)F)cc1. The second-order valence-electron chi connectivity index (χ2n) is 9.50. The van der Waals surface area contributed by atoms with Crippen LogP contribution < -0.4 is 15.4 Å². The molecule has 0 bridgehead atoms. The van der Waals surface area contributed by atoms with E-state index in [1.807, 2.05) is 12.1 Å². The quantitative estimate of drug-likeness (QED) is 0.201. The highest BCUT2D eigenvalue weighted by Crippen LogP contribution is 2.39. The second-order valence-corrected chi connectivity index (χ2v) is 9.91. The number of nitrogens with zero attached hydrogens (tertiary/aromatic N) is 2. The first-order chi connectivity index (χ1) is 19.6. The smallest absolute Gasteiger partial charge is 0.507 e. The molecule has 5 rings (SSSR count). The normalized spacial score (nSPS) is 13.4. The number of halogens is 4. The minimum atomic E-state index is -4.84. The fraction of sp³-hybridized carbons (Fsp3) is 0.207. The van der Waals surface area contributed by atoms with E-state index in [0.717, 1.165) is 37.0 Å². The molecule has 41 heavy (non-hydrogen) atoms. The molecule has 4 aromatic rings. The molecule has 3 N–H and O–H groups in total. The number of carbonyl (C=O) groups excluding carboxylic acids is 2. The number of alkyl halides is 3. The summed E-state index contributed by atoms with van der Waals surface area (Å²) >= 11 is 6.21. The lowest BCUT2D eigenvalue weighted by Crippen LogP contribution is -2.31. The van der Waals surface area contributed by atoms with Crippen molar-refractivity contribution in [3.63, 3.8) is 0 Å². The molecule has 0 unspecified atom stereocenters. The third-order valence-electron chi connectivity index (χ3n) is 6.72. The standard InChI is InChI=1S/C29H24ClF3N4O4/c30-23-7-2-1-4-19(23)16-34-28(40)37-25(17-5-3-6-17)15-24(36-37)22-14-20(10-13-26(22)38)35-27(39)18-8-11-21(12-9-18)41-29(31,32)33/h1-2,4,7-15,17,38H,3,5-6,16H2,(H,34,40)(H,35,39). The molecule has 0 radical (unpaired) electrons. The molecular weight excluding hydrogens is 561 g/mol. The average Bonchev–Trinajstić information content (AvgIpc) is 3.32. The summed E-state index contributed by atoms with van der Waals surface area (Å²) in [5, 5.41) is 21.1. The Morgan fingerprint density at radius 2 is 1.78 bits per heavy atom. The summed E-state index contributed by atoms with van der Waals surface area (Å²) in [4.78, 5) is 25.9. The molecule has 8 nitrogen and oxygen atoms in total. The Balaban J connectivity index is 1.35. The Morgan fingerprint density at radius 3 is 2.44 bits per heavy atom. The number of rotatable bonds is 7. The predicted octanol–water partition coefficient (Wildman–Crippen LogP) is 7.09. The van der Waals surface area contributed by atoms with Gasteiger partial charge in [-0.3, -0.25) is 4.79 Å². The van der Waals surface area contributed by atoms with Gasteiger partial charge in [-0.1, -0.05) is 36.2 Å². The predicted molar refractivity (Wildman–Crippen MR) is 146 cm³/mol. The lowest BCUT2D eigenvalue weighted by Gasteiger charge is -2.25. The van der Waals surface area contributed by atoms with E-state index in [0.29, 0.717) is 22.1 Å². The highest BCUT2D eigenvalue weighted by Gasteiger charge is 2.31. The summed E-state index contributed by atoms with van der Waals surface area (Å²) in [5.41, 5.74) is 2.49. The van der Waals surface area contributed by atoms with Crippen LogP contribution in [0.3, 0.4) is 0 Å². The number of anilines is 1. The first kappa shape index (κ1) is 28.0. The van der Waals surface area contributed by atoms with Gasteiger partial charge < -0.3 is 20.5 Å². The van der Waals surface area contributed by atoms with E-state index in [1.165, 1.54) is 35.0 Å². The van der Waals surface area contributed by atoms with E-state index < -0.39 is 24.1 Å². The summed E-state index contributed by atoms with van der Waals surface area (Å²) in [6.07, 6.45) is -2.01. The molecule has 0 atom stereocenters. The van der Waals surface area contributed by atoms with E-state index in [2.05, 4.69) is 20.5 Å². The average molecular weight is 585 g/mol. The molecule has 12 heteroatoms. The van der Waals surface area contributed by atoms with Crippen LogP contribution in [0, 0.1) is 0 Å². The third kappa shape index (κ3) is 6.63. The Bertz CT molecular complexity index is 1580. The van der Waals surface area contributed by atoms with Crippen LogP contribution in [0.1, 0.15) is 46.8 Å². The van der Waals surface area contributed by atoms with Crippen LogP contribution in [0.25, 0.3) is 11.3 Å². The van der Waals surface area contributed by atoms with Gasteiger partial charge in [0.2, 0.25) is 0 Å². The van der Waals surface area contributed by atoms with Gasteiger partial charge in [-0.05, 0) is 73.0 Å². The van der Waals surface area contributed by atoms with E-state index in [9.17, 15) is 27.9 Å². The molecule has 1 heterocycles. The topological polar surface area (TPSA) is 105 Å². The van der Waals surface area contributed by atoms with Crippen molar-refractivity contribution in [1.82, 2.24) is 15.1 Å². The van der Waals surface area contributed by atoms with Crippen LogP contribution in [-0.4, -0.2) is 33.2 Å². The summed E-state index contributed by atoms with van der Waals surface area (Å²) < 4.78 is 42.3. The van der Waals surface area contributed by atoms with Crippen molar-refractivity contribution in [2.45, 2.75) is 38.1 Å². The van der Waals surface area contributed by atoms with E-state index in [4.69, 9.17) is 11.6 Å². The number of amides is 2. The minimum Gasteiger partial charge on any atom is -0.507 e. The van der Waals surface area contributed by atoms with Crippen molar-refractivity contribution in [2.24, 2.45) is 0 Å². The highest BCUT2D eigenvalue weighted by molar-refractivity contribution is 6.31. The zero-order valence-corrected chi connectivity index (χ0v) is 22.2. The van der Waals surface area contributed by atoms with E-state index >= 15 is 0 Å². The van der Waals surface area contributed by atoms with E-state index in [-0.39, 0.29) is 29.3 Å². The van der Waals surface area contributed by atoms with Gasteiger partial charge in [-0.25, -0.2) is 4.79 Å². The number of carbonyl (C=O) groups is 2. The highest BCUT2D eigenvalue weighted by atomic mass is 35.5. The van der Waals surface area contributed by atoms with Gasteiger partial charge >= 0.3 is 12.4 Å². The van der Waals surface area contributed by atoms with Gasteiger partial charge in [0.05, 0.1) is 11.4 Å². The number of nitrogens with one attached hydrogen (secondary N) is 2. The van der Waals surface area contributed by atoms with Crippen molar-refractivity contribution >= 4 is 29.2 Å². The summed E-state index contributed by atoms with van der Waals surface area (Å²) in [6, 6.07) is 17.3. The molecule has 0 saturated heterocycles. The summed E-state index contributed by atoms with van der Waals surface area (Å²) in [7, 11) is 0. The van der Waals surface area contributed by atoms with Gasteiger partial charge in [0, 0.05) is 34.3 Å². The molecule has 1 aromatic heterocycles. The largest absolute Gasteiger partial charge is 0.573 e. The van der Waals surface area contributed by atoms with Crippen LogP contribution >= 0.6 is 11.6 Å². The van der Waals surface area contributed by atoms with Crippen molar-refractivity contribution in [2.75, 3.05) is 5.32 Å². The fourth-order valence-corrected chi connectivity index (χ4v) is 4.60. The molecule has 0 spiro atoms. The summed E-state index contributed by atoms with van der Waals surface area (Å²) in [5.74, 6) is -1.01. The first-order valence-corrected chi connectivity index (χ1v) is 13.1. The number of phenols is 1. The Kier molecular flexibility index (Phi) is 7.89. The Labute approximate surface area is 237 Å². The first-order valence-electron chi connectivity index (χ1n) is 12.7. The van der Waals surface area contributed by atoms with Gasteiger partial charge in [0.15, 0.2) is 0 Å². The maximum Gasteiger partial charge on any atom is 0.573 e. The third-order valence-corrected chi connectivity index (χ3v) is 7.09. The number of hydrogen-bond donors (Lipinski definition) is 3. The van der Waals surface area contributed by atoms with Crippen molar-refractivity contribution in [1.29, 1.82) is 0 Å².